The van der Waals surface area contributed by atoms with E-state index in [-0.39, 0.29) is 6.10 Å². The van der Waals surface area contributed by atoms with Gasteiger partial charge < -0.3 is 9.52 Å². The molecule has 0 saturated heterocycles. The lowest BCUT2D eigenvalue weighted by atomic mass is 9.91. The Morgan fingerprint density at radius 3 is 2.81 bits per heavy atom. The van der Waals surface area contributed by atoms with Crippen LogP contribution in [0.3, 0.4) is 0 Å². The van der Waals surface area contributed by atoms with Gasteiger partial charge in [-0.2, -0.15) is 0 Å². The smallest absolute Gasteiger partial charge is 0.105 e. The fourth-order valence-electron chi connectivity index (χ4n) is 2.57. The number of hydrogen-bond donors (Lipinski definition) is 1. The summed E-state index contributed by atoms with van der Waals surface area (Å²) in [4.78, 5) is 2.25. The van der Waals surface area contributed by atoms with E-state index in [1.807, 2.05) is 13.0 Å². The Bertz CT molecular complexity index is 334. The van der Waals surface area contributed by atoms with E-state index in [2.05, 4.69) is 11.9 Å². The Kier molecular flexibility index (Phi) is 3.66. The second-order valence-electron chi connectivity index (χ2n) is 4.84. The van der Waals surface area contributed by atoms with Gasteiger partial charge in [-0.15, -0.1) is 0 Å². The summed E-state index contributed by atoms with van der Waals surface area (Å²) in [7, 11) is 2.09. The third kappa shape index (κ3) is 2.47. The minimum Gasteiger partial charge on any atom is -0.469 e. The van der Waals surface area contributed by atoms with E-state index in [9.17, 15) is 5.11 Å². The van der Waals surface area contributed by atoms with E-state index in [1.165, 1.54) is 12.0 Å². The van der Waals surface area contributed by atoms with Crippen molar-refractivity contribution in [3.8, 4) is 0 Å². The molecule has 1 aromatic heterocycles. The number of aliphatic hydroxyl groups excluding tert-OH is 1. The monoisotopic (exact) mass is 223 g/mol. The summed E-state index contributed by atoms with van der Waals surface area (Å²) in [6, 6.07) is 2.32. The number of rotatable bonds is 3. The summed E-state index contributed by atoms with van der Waals surface area (Å²) in [6.45, 7) is 2.85. The van der Waals surface area contributed by atoms with Gasteiger partial charge in [0.15, 0.2) is 0 Å². The maximum Gasteiger partial charge on any atom is 0.105 e. The average molecular weight is 223 g/mol. The highest BCUT2D eigenvalue weighted by molar-refractivity contribution is 5.15. The van der Waals surface area contributed by atoms with Crippen LogP contribution in [0, 0.1) is 6.92 Å². The Hall–Kier alpha value is -0.800. The predicted octanol–water partition coefficient (Wildman–Crippen LogP) is 2.32. The van der Waals surface area contributed by atoms with Crippen molar-refractivity contribution >= 4 is 0 Å². The Morgan fingerprint density at radius 1 is 1.44 bits per heavy atom. The van der Waals surface area contributed by atoms with Crippen LogP contribution in [0.15, 0.2) is 16.7 Å². The summed E-state index contributed by atoms with van der Waals surface area (Å²) < 4.78 is 5.29. The number of likely N-dealkylation sites (N-methyl/N-ethyl adjacent to an activating group) is 1. The molecule has 1 fully saturated rings. The number of furan rings is 1. The first-order valence-corrected chi connectivity index (χ1v) is 6.10. The second-order valence-corrected chi connectivity index (χ2v) is 4.84. The molecule has 1 saturated carbocycles. The summed E-state index contributed by atoms with van der Waals surface area (Å²) in [5, 5.41) is 9.97. The van der Waals surface area contributed by atoms with Crippen LogP contribution < -0.4 is 0 Å². The molecule has 0 spiro atoms. The first-order valence-electron chi connectivity index (χ1n) is 6.10. The molecular weight excluding hydrogens is 202 g/mol. The van der Waals surface area contributed by atoms with E-state index in [4.69, 9.17) is 4.42 Å². The molecule has 0 bridgehead atoms. The second kappa shape index (κ2) is 5.02. The molecular formula is C13H21NO2. The number of aryl methyl sites for hydroxylation is 1. The fourth-order valence-corrected chi connectivity index (χ4v) is 2.57. The van der Waals surface area contributed by atoms with Gasteiger partial charge in [-0.25, -0.2) is 0 Å². The molecule has 2 atom stereocenters. The molecule has 1 heterocycles. The molecule has 3 heteroatoms. The van der Waals surface area contributed by atoms with Crippen LogP contribution in [-0.2, 0) is 6.54 Å². The molecule has 0 radical (unpaired) electrons. The van der Waals surface area contributed by atoms with Crippen molar-refractivity contribution in [3.05, 3.63) is 23.7 Å². The first kappa shape index (κ1) is 11.7. The van der Waals surface area contributed by atoms with Gasteiger partial charge in [-0.3, -0.25) is 4.90 Å². The van der Waals surface area contributed by atoms with Gasteiger partial charge in [-0.1, -0.05) is 12.8 Å². The molecule has 16 heavy (non-hydrogen) atoms. The van der Waals surface area contributed by atoms with Crippen LogP contribution >= 0.6 is 0 Å². The lowest BCUT2D eigenvalue weighted by Crippen LogP contribution is -2.42. The molecule has 1 aromatic rings. The highest BCUT2D eigenvalue weighted by Crippen LogP contribution is 2.24. The normalized spacial score (nSPS) is 26.2. The van der Waals surface area contributed by atoms with Crippen LogP contribution in [0.5, 0.6) is 0 Å². The van der Waals surface area contributed by atoms with Crippen molar-refractivity contribution in [2.45, 2.75) is 51.3 Å². The zero-order valence-electron chi connectivity index (χ0n) is 10.1. The van der Waals surface area contributed by atoms with E-state index in [0.717, 1.165) is 31.6 Å². The van der Waals surface area contributed by atoms with Crippen molar-refractivity contribution in [1.29, 1.82) is 0 Å². The van der Waals surface area contributed by atoms with Crippen LogP contribution in [0.4, 0.5) is 0 Å². The fraction of sp³-hybridized carbons (Fsp3) is 0.692. The zero-order chi connectivity index (χ0) is 11.5. The topological polar surface area (TPSA) is 36.6 Å². The average Bonchev–Trinajstić information content (AvgIpc) is 2.65. The predicted molar refractivity (Wildman–Crippen MR) is 63.2 cm³/mol. The van der Waals surface area contributed by atoms with Gasteiger partial charge in [-0.05, 0) is 32.9 Å². The van der Waals surface area contributed by atoms with Gasteiger partial charge in [0.25, 0.3) is 0 Å². The van der Waals surface area contributed by atoms with Crippen LogP contribution in [-0.4, -0.2) is 29.2 Å². The van der Waals surface area contributed by atoms with Crippen molar-refractivity contribution in [3.63, 3.8) is 0 Å². The van der Waals surface area contributed by atoms with Gasteiger partial charge in [0.05, 0.1) is 12.4 Å². The molecule has 0 aliphatic heterocycles. The minimum atomic E-state index is -0.161. The van der Waals surface area contributed by atoms with Crippen molar-refractivity contribution < 1.29 is 9.52 Å². The first-order chi connectivity index (χ1) is 7.68. The number of hydrogen-bond acceptors (Lipinski definition) is 3. The van der Waals surface area contributed by atoms with Gasteiger partial charge >= 0.3 is 0 Å². The quantitative estimate of drug-likeness (QED) is 0.854. The van der Waals surface area contributed by atoms with Crippen LogP contribution in [0.1, 0.15) is 37.0 Å². The Morgan fingerprint density at radius 2 is 2.19 bits per heavy atom. The zero-order valence-corrected chi connectivity index (χ0v) is 10.1. The molecule has 1 aliphatic carbocycles. The van der Waals surface area contributed by atoms with Gasteiger partial charge in [0, 0.05) is 18.2 Å². The Balaban J connectivity index is 1.96. The standard InChI is InChI=1S/C13H21NO2/c1-10-11(7-8-16-10)9-14(2)12-5-3-4-6-13(12)15/h7-8,12-13,15H,3-6,9H2,1-2H3. The summed E-state index contributed by atoms with van der Waals surface area (Å²) in [6.07, 6.45) is 6.02. The van der Waals surface area contributed by atoms with E-state index < -0.39 is 0 Å². The SMILES string of the molecule is Cc1occc1CN(C)C1CCCCC1O. The lowest BCUT2D eigenvalue weighted by Gasteiger charge is -2.35. The number of nitrogens with zero attached hydrogens (tertiary/aromatic N) is 1. The van der Waals surface area contributed by atoms with E-state index >= 15 is 0 Å². The molecule has 0 amide bonds. The number of aliphatic hydroxyl groups is 1. The summed E-state index contributed by atoms with van der Waals surface area (Å²) in [5.74, 6) is 0.983. The molecule has 1 aliphatic rings. The van der Waals surface area contributed by atoms with E-state index in [1.54, 1.807) is 6.26 Å². The van der Waals surface area contributed by atoms with E-state index in [0.29, 0.717) is 6.04 Å². The summed E-state index contributed by atoms with van der Waals surface area (Å²) >= 11 is 0. The third-order valence-electron chi connectivity index (χ3n) is 3.65. The molecule has 3 nitrogen and oxygen atoms in total. The lowest BCUT2D eigenvalue weighted by molar-refractivity contribution is 0.0286. The van der Waals surface area contributed by atoms with Crippen molar-refractivity contribution in [2.75, 3.05) is 7.05 Å². The molecule has 2 unspecified atom stereocenters. The van der Waals surface area contributed by atoms with Crippen LogP contribution in [0.25, 0.3) is 0 Å². The van der Waals surface area contributed by atoms with Crippen molar-refractivity contribution in [2.24, 2.45) is 0 Å². The maximum absolute atomic E-state index is 9.97. The molecule has 0 aromatic carbocycles. The Labute approximate surface area is 97.1 Å². The highest BCUT2D eigenvalue weighted by atomic mass is 16.3. The van der Waals surface area contributed by atoms with Crippen molar-refractivity contribution in [1.82, 2.24) is 4.90 Å². The molecule has 1 N–H and O–H groups in total. The molecule has 90 valence electrons. The van der Waals surface area contributed by atoms with Gasteiger partial charge in [0.1, 0.15) is 5.76 Å². The summed E-state index contributed by atoms with van der Waals surface area (Å²) in [5.41, 5.74) is 1.22. The van der Waals surface area contributed by atoms with Crippen LogP contribution in [0.2, 0.25) is 0 Å². The minimum absolute atomic E-state index is 0.161. The third-order valence-corrected chi connectivity index (χ3v) is 3.65. The maximum atomic E-state index is 9.97. The van der Waals surface area contributed by atoms with Gasteiger partial charge in [0.2, 0.25) is 0 Å². The largest absolute Gasteiger partial charge is 0.469 e. The highest BCUT2D eigenvalue weighted by Gasteiger charge is 2.26. The molecule has 2 rings (SSSR count).